The topological polar surface area (TPSA) is 86.8 Å². The van der Waals surface area contributed by atoms with Crippen molar-refractivity contribution in [3.63, 3.8) is 0 Å². The Morgan fingerprint density at radius 1 is 1.16 bits per heavy atom. The molecular weight excluding hydrogens is 435 g/mol. The van der Waals surface area contributed by atoms with Gasteiger partial charge in [-0.1, -0.05) is 6.07 Å². The molecule has 31 heavy (non-hydrogen) atoms. The number of anilines is 3. The number of carbonyl (C=O) groups excluding carboxylic acids is 2. The van der Waals surface area contributed by atoms with Gasteiger partial charge in [0.2, 0.25) is 21.8 Å². The maximum atomic E-state index is 13.0. The van der Waals surface area contributed by atoms with Gasteiger partial charge in [-0.2, -0.15) is 13.2 Å². The van der Waals surface area contributed by atoms with Crippen molar-refractivity contribution in [3.8, 4) is 0 Å². The molecule has 1 aliphatic heterocycles. The van der Waals surface area contributed by atoms with Crippen LogP contribution in [0.2, 0.25) is 0 Å². The first-order chi connectivity index (χ1) is 14.4. The molecule has 1 heterocycles. The van der Waals surface area contributed by atoms with E-state index in [4.69, 9.17) is 0 Å². The highest BCUT2D eigenvalue weighted by Gasteiger charge is 2.32. The maximum Gasteiger partial charge on any atom is 0.416 e. The van der Waals surface area contributed by atoms with Gasteiger partial charge in [-0.3, -0.25) is 13.9 Å². The van der Waals surface area contributed by atoms with Gasteiger partial charge in [0.1, 0.15) is 6.54 Å². The van der Waals surface area contributed by atoms with Crippen LogP contribution >= 0.6 is 0 Å². The Bertz CT molecular complexity index is 1090. The third kappa shape index (κ3) is 5.54. The number of nitrogens with zero attached hydrogens (tertiary/aromatic N) is 2. The predicted octanol–water partition coefficient (Wildman–Crippen LogP) is 3.24. The molecule has 0 aromatic heterocycles. The molecule has 1 fully saturated rings. The van der Waals surface area contributed by atoms with Gasteiger partial charge in [-0.15, -0.1) is 0 Å². The molecule has 0 atom stereocenters. The van der Waals surface area contributed by atoms with Gasteiger partial charge >= 0.3 is 6.18 Å². The molecule has 2 aromatic carbocycles. The van der Waals surface area contributed by atoms with Crippen molar-refractivity contribution >= 4 is 38.9 Å². The summed E-state index contributed by atoms with van der Waals surface area (Å²) in [5, 5.41) is 2.52. The van der Waals surface area contributed by atoms with Crippen molar-refractivity contribution < 1.29 is 31.2 Å². The first kappa shape index (κ1) is 22.6. The van der Waals surface area contributed by atoms with Crippen molar-refractivity contribution in [1.29, 1.82) is 0 Å². The lowest BCUT2D eigenvalue weighted by molar-refractivity contribution is -0.137. The fourth-order valence-electron chi connectivity index (χ4n) is 3.21. The summed E-state index contributed by atoms with van der Waals surface area (Å²) in [5.74, 6) is -0.713. The Balaban J connectivity index is 1.74. The zero-order chi connectivity index (χ0) is 22.8. The minimum absolute atomic E-state index is 0.0154. The number of nitrogens with one attached hydrogen (secondary N) is 1. The lowest BCUT2D eigenvalue weighted by Crippen LogP contribution is -2.37. The monoisotopic (exact) mass is 455 g/mol. The summed E-state index contributed by atoms with van der Waals surface area (Å²) in [6.07, 6.45) is -2.59. The number of rotatable bonds is 6. The number of halogens is 3. The van der Waals surface area contributed by atoms with Crippen LogP contribution in [-0.4, -0.2) is 39.6 Å². The Morgan fingerprint density at radius 2 is 1.84 bits per heavy atom. The lowest BCUT2D eigenvalue weighted by Gasteiger charge is -2.23. The molecule has 0 aliphatic carbocycles. The first-order valence-electron chi connectivity index (χ1n) is 9.30. The van der Waals surface area contributed by atoms with Crippen LogP contribution in [0.5, 0.6) is 0 Å². The standard InChI is InChI=1S/C20H20F3N3O4S/c1-31(29,30)26(17-5-2-4-14(12-17)20(21,22)23)13-18(27)24-15-7-9-16(10-8-15)25-11-3-6-19(25)28/h2,4-5,7-10,12H,3,6,11,13H2,1H3,(H,24,27). The smallest absolute Gasteiger partial charge is 0.325 e. The van der Waals surface area contributed by atoms with Gasteiger partial charge < -0.3 is 10.2 Å². The summed E-state index contributed by atoms with van der Waals surface area (Å²) in [6.45, 7) is -0.0860. The van der Waals surface area contributed by atoms with Gasteiger partial charge in [0, 0.05) is 24.3 Å². The van der Waals surface area contributed by atoms with Crippen molar-refractivity contribution in [3.05, 3.63) is 54.1 Å². The van der Waals surface area contributed by atoms with E-state index in [1.54, 1.807) is 29.2 Å². The second kappa shape index (κ2) is 8.58. The highest BCUT2D eigenvalue weighted by Crippen LogP contribution is 2.32. The summed E-state index contributed by atoms with van der Waals surface area (Å²) in [4.78, 5) is 25.8. The van der Waals surface area contributed by atoms with Gasteiger partial charge in [0.25, 0.3) is 0 Å². The van der Waals surface area contributed by atoms with Crippen LogP contribution in [0.1, 0.15) is 18.4 Å². The van der Waals surface area contributed by atoms with Gasteiger partial charge in [0.15, 0.2) is 0 Å². The number of hydrogen-bond donors (Lipinski definition) is 1. The van der Waals surface area contributed by atoms with Crippen LogP contribution < -0.4 is 14.5 Å². The van der Waals surface area contributed by atoms with E-state index in [2.05, 4.69) is 5.32 Å². The number of hydrogen-bond acceptors (Lipinski definition) is 4. The Labute approximate surface area is 177 Å². The van der Waals surface area contributed by atoms with Crippen LogP contribution in [-0.2, 0) is 25.8 Å². The zero-order valence-corrected chi connectivity index (χ0v) is 17.3. The van der Waals surface area contributed by atoms with E-state index in [9.17, 15) is 31.2 Å². The summed E-state index contributed by atoms with van der Waals surface area (Å²) in [5.41, 5.74) is -0.249. The van der Waals surface area contributed by atoms with E-state index in [0.717, 1.165) is 24.8 Å². The summed E-state index contributed by atoms with van der Waals surface area (Å²) in [7, 11) is -4.03. The van der Waals surface area contributed by atoms with Crippen molar-refractivity contribution in [1.82, 2.24) is 0 Å². The Morgan fingerprint density at radius 3 is 2.39 bits per heavy atom. The highest BCUT2D eigenvalue weighted by atomic mass is 32.2. The average Bonchev–Trinajstić information content (AvgIpc) is 3.11. The molecule has 2 aromatic rings. The number of benzene rings is 2. The SMILES string of the molecule is CS(=O)(=O)N(CC(=O)Nc1ccc(N2CCCC2=O)cc1)c1cccc(C(F)(F)F)c1. The molecule has 0 saturated carbocycles. The number of alkyl halides is 3. The molecule has 2 amide bonds. The van der Waals surface area contributed by atoms with Crippen LogP contribution in [0.3, 0.4) is 0 Å². The van der Waals surface area contributed by atoms with Gasteiger partial charge in [-0.25, -0.2) is 8.42 Å². The largest absolute Gasteiger partial charge is 0.416 e. The molecular formula is C20H20F3N3O4S. The van der Waals surface area contributed by atoms with E-state index < -0.39 is 34.2 Å². The van der Waals surface area contributed by atoms with Crippen molar-refractivity contribution in [2.24, 2.45) is 0 Å². The third-order valence-corrected chi connectivity index (χ3v) is 5.83. The predicted molar refractivity (Wildman–Crippen MR) is 110 cm³/mol. The Hall–Kier alpha value is -3.08. The van der Waals surface area contributed by atoms with Gasteiger partial charge in [0.05, 0.1) is 17.5 Å². The summed E-state index contributed by atoms with van der Waals surface area (Å²) >= 11 is 0. The van der Waals surface area contributed by atoms with Crippen molar-refractivity contribution in [2.75, 3.05) is 33.9 Å². The molecule has 1 aliphatic rings. The molecule has 11 heteroatoms. The van der Waals surface area contributed by atoms with Crippen LogP contribution in [0.15, 0.2) is 48.5 Å². The minimum atomic E-state index is -4.65. The second-order valence-electron chi connectivity index (χ2n) is 7.06. The van der Waals surface area contributed by atoms with E-state index in [-0.39, 0.29) is 11.6 Å². The van der Waals surface area contributed by atoms with Crippen LogP contribution in [0.25, 0.3) is 0 Å². The van der Waals surface area contributed by atoms with E-state index in [1.165, 1.54) is 6.07 Å². The summed E-state index contributed by atoms with van der Waals surface area (Å²) < 4.78 is 63.8. The van der Waals surface area contributed by atoms with Crippen LogP contribution in [0.4, 0.5) is 30.2 Å². The zero-order valence-electron chi connectivity index (χ0n) is 16.5. The molecule has 0 spiro atoms. The van der Waals surface area contributed by atoms with E-state index in [0.29, 0.717) is 34.7 Å². The number of amides is 2. The van der Waals surface area contributed by atoms with Crippen molar-refractivity contribution in [2.45, 2.75) is 19.0 Å². The maximum absolute atomic E-state index is 13.0. The fourth-order valence-corrected chi connectivity index (χ4v) is 4.06. The first-order valence-corrected chi connectivity index (χ1v) is 11.2. The fraction of sp³-hybridized carbons (Fsp3) is 0.300. The third-order valence-electron chi connectivity index (χ3n) is 4.69. The normalized spacial score (nSPS) is 14.6. The quantitative estimate of drug-likeness (QED) is 0.725. The average molecular weight is 455 g/mol. The molecule has 3 rings (SSSR count). The number of sulfonamides is 1. The molecule has 0 unspecified atom stereocenters. The van der Waals surface area contributed by atoms with Gasteiger partial charge in [-0.05, 0) is 48.9 Å². The molecule has 166 valence electrons. The molecule has 1 N–H and O–H groups in total. The molecule has 1 saturated heterocycles. The molecule has 7 nitrogen and oxygen atoms in total. The van der Waals surface area contributed by atoms with E-state index >= 15 is 0 Å². The summed E-state index contributed by atoms with van der Waals surface area (Å²) in [6, 6.07) is 10.2. The highest BCUT2D eigenvalue weighted by molar-refractivity contribution is 7.92. The Kier molecular flexibility index (Phi) is 6.25. The van der Waals surface area contributed by atoms with E-state index in [1.807, 2.05) is 0 Å². The van der Waals surface area contributed by atoms with Crippen LogP contribution in [0, 0.1) is 0 Å². The molecule has 0 bridgehead atoms. The second-order valence-corrected chi connectivity index (χ2v) is 8.97. The number of carbonyl (C=O) groups is 2. The molecule has 0 radical (unpaired) electrons. The lowest BCUT2D eigenvalue weighted by atomic mass is 10.2. The minimum Gasteiger partial charge on any atom is -0.325 e.